The Morgan fingerprint density at radius 2 is 1.88 bits per heavy atom. The minimum Gasteiger partial charge on any atom is -0.493 e. The SMILES string of the molecule is COc1cc(C=O)cc(F)c1OCc1ccc(C(=O)N(C)C)cc1. The van der Waals surface area contributed by atoms with Gasteiger partial charge in [-0.15, -0.1) is 0 Å². The van der Waals surface area contributed by atoms with Gasteiger partial charge in [0.1, 0.15) is 12.9 Å². The lowest BCUT2D eigenvalue weighted by atomic mass is 10.1. The standard InChI is InChI=1S/C18H18FNO4/c1-20(2)18(22)14-6-4-12(5-7-14)11-24-17-15(19)8-13(10-21)9-16(17)23-3/h4-10H,11H2,1-3H3. The van der Waals surface area contributed by atoms with Crippen LogP contribution in [0, 0.1) is 5.82 Å². The molecule has 0 saturated carbocycles. The Labute approximate surface area is 139 Å². The highest BCUT2D eigenvalue weighted by atomic mass is 19.1. The zero-order valence-electron chi connectivity index (χ0n) is 13.7. The van der Waals surface area contributed by atoms with Gasteiger partial charge in [0.25, 0.3) is 5.91 Å². The second kappa shape index (κ2) is 7.59. The molecule has 0 unspecified atom stereocenters. The largest absolute Gasteiger partial charge is 0.493 e. The Balaban J connectivity index is 2.14. The molecule has 0 N–H and O–H groups in total. The van der Waals surface area contributed by atoms with Crippen LogP contribution in [0.25, 0.3) is 0 Å². The summed E-state index contributed by atoms with van der Waals surface area (Å²) in [6.45, 7) is 0.101. The zero-order valence-corrected chi connectivity index (χ0v) is 13.7. The first-order chi connectivity index (χ1) is 11.5. The number of aldehydes is 1. The van der Waals surface area contributed by atoms with Crippen LogP contribution in [0.3, 0.4) is 0 Å². The van der Waals surface area contributed by atoms with Gasteiger partial charge in [0.15, 0.2) is 17.3 Å². The highest BCUT2D eigenvalue weighted by Crippen LogP contribution is 2.32. The maximum atomic E-state index is 14.0. The Morgan fingerprint density at radius 1 is 1.21 bits per heavy atom. The van der Waals surface area contributed by atoms with E-state index in [1.165, 1.54) is 18.1 Å². The lowest BCUT2D eigenvalue weighted by Crippen LogP contribution is -2.21. The number of ether oxygens (including phenoxy) is 2. The van der Waals surface area contributed by atoms with E-state index in [4.69, 9.17) is 9.47 Å². The summed E-state index contributed by atoms with van der Waals surface area (Å²) in [6, 6.07) is 9.34. The lowest BCUT2D eigenvalue weighted by molar-refractivity contribution is 0.0827. The molecule has 0 bridgehead atoms. The lowest BCUT2D eigenvalue weighted by Gasteiger charge is -2.13. The van der Waals surface area contributed by atoms with Gasteiger partial charge in [-0.2, -0.15) is 0 Å². The van der Waals surface area contributed by atoms with E-state index in [0.29, 0.717) is 11.8 Å². The summed E-state index contributed by atoms with van der Waals surface area (Å²) in [5, 5.41) is 0. The third kappa shape index (κ3) is 3.90. The highest BCUT2D eigenvalue weighted by molar-refractivity contribution is 5.93. The number of halogens is 1. The van der Waals surface area contributed by atoms with Crippen LogP contribution >= 0.6 is 0 Å². The second-order valence-corrected chi connectivity index (χ2v) is 5.34. The maximum Gasteiger partial charge on any atom is 0.253 e. The van der Waals surface area contributed by atoms with Crippen LogP contribution in [-0.4, -0.2) is 38.3 Å². The molecule has 0 aromatic heterocycles. The molecule has 0 aliphatic heterocycles. The molecule has 24 heavy (non-hydrogen) atoms. The molecular weight excluding hydrogens is 313 g/mol. The quantitative estimate of drug-likeness (QED) is 0.764. The van der Waals surface area contributed by atoms with Crippen molar-refractivity contribution in [2.24, 2.45) is 0 Å². The summed E-state index contributed by atoms with van der Waals surface area (Å²) in [5.74, 6) is -0.677. The normalized spacial score (nSPS) is 10.2. The summed E-state index contributed by atoms with van der Waals surface area (Å²) in [7, 11) is 4.73. The second-order valence-electron chi connectivity index (χ2n) is 5.34. The Kier molecular flexibility index (Phi) is 5.52. The summed E-state index contributed by atoms with van der Waals surface area (Å²) >= 11 is 0. The van der Waals surface area contributed by atoms with Crippen LogP contribution in [0.5, 0.6) is 11.5 Å². The van der Waals surface area contributed by atoms with Crippen molar-refractivity contribution in [3.05, 3.63) is 58.9 Å². The molecule has 126 valence electrons. The molecule has 0 spiro atoms. The number of hydrogen-bond donors (Lipinski definition) is 0. The fourth-order valence-electron chi connectivity index (χ4n) is 2.11. The van der Waals surface area contributed by atoms with E-state index >= 15 is 0 Å². The van der Waals surface area contributed by atoms with Crippen molar-refractivity contribution in [3.63, 3.8) is 0 Å². The van der Waals surface area contributed by atoms with Crippen LogP contribution in [-0.2, 0) is 6.61 Å². The topological polar surface area (TPSA) is 55.8 Å². The Morgan fingerprint density at radius 3 is 2.42 bits per heavy atom. The number of nitrogens with zero attached hydrogens (tertiary/aromatic N) is 1. The van der Waals surface area contributed by atoms with E-state index in [2.05, 4.69) is 0 Å². The van der Waals surface area contributed by atoms with E-state index in [-0.39, 0.29) is 29.6 Å². The maximum absolute atomic E-state index is 14.0. The van der Waals surface area contributed by atoms with Crippen LogP contribution in [0.1, 0.15) is 26.3 Å². The number of benzene rings is 2. The Bertz CT molecular complexity index is 741. The molecular formula is C18H18FNO4. The zero-order chi connectivity index (χ0) is 17.7. The van der Waals surface area contributed by atoms with Gasteiger partial charge in [0, 0.05) is 25.2 Å². The summed E-state index contributed by atoms with van der Waals surface area (Å²) in [5.41, 5.74) is 1.50. The number of amides is 1. The molecule has 0 radical (unpaired) electrons. The van der Waals surface area contributed by atoms with Gasteiger partial charge in [-0.05, 0) is 29.8 Å². The first-order valence-electron chi connectivity index (χ1n) is 7.22. The molecule has 2 rings (SSSR count). The van der Waals surface area contributed by atoms with Gasteiger partial charge in [-0.1, -0.05) is 12.1 Å². The van der Waals surface area contributed by atoms with Crippen molar-refractivity contribution < 1.29 is 23.5 Å². The predicted molar refractivity (Wildman–Crippen MR) is 87.1 cm³/mol. The van der Waals surface area contributed by atoms with Crippen LogP contribution in [0.4, 0.5) is 4.39 Å². The van der Waals surface area contributed by atoms with Crippen molar-refractivity contribution in [2.45, 2.75) is 6.61 Å². The summed E-state index contributed by atoms with van der Waals surface area (Å²) in [4.78, 5) is 24.1. The number of carbonyl (C=O) groups is 2. The van der Waals surface area contributed by atoms with E-state index in [0.717, 1.165) is 11.6 Å². The highest BCUT2D eigenvalue weighted by Gasteiger charge is 2.14. The van der Waals surface area contributed by atoms with Gasteiger partial charge in [-0.25, -0.2) is 4.39 Å². The average Bonchev–Trinajstić information content (AvgIpc) is 2.59. The van der Waals surface area contributed by atoms with Crippen LogP contribution < -0.4 is 9.47 Å². The van der Waals surface area contributed by atoms with Gasteiger partial charge in [0.05, 0.1) is 7.11 Å². The average molecular weight is 331 g/mol. The third-order valence-electron chi connectivity index (χ3n) is 3.38. The molecule has 6 heteroatoms. The van der Waals surface area contributed by atoms with Crippen molar-refractivity contribution >= 4 is 12.2 Å². The smallest absolute Gasteiger partial charge is 0.253 e. The van der Waals surface area contributed by atoms with Crippen molar-refractivity contribution in [2.75, 3.05) is 21.2 Å². The fourth-order valence-corrected chi connectivity index (χ4v) is 2.11. The van der Waals surface area contributed by atoms with Crippen molar-refractivity contribution in [1.29, 1.82) is 0 Å². The van der Waals surface area contributed by atoms with Crippen molar-refractivity contribution in [3.8, 4) is 11.5 Å². The summed E-state index contributed by atoms with van der Waals surface area (Å²) < 4.78 is 24.6. The fraction of sp³-hybridized carbons (Fsp3) is 0.222. The number of hydrogen-bond acceptors (Lipinski definition) is 4. The van der Waals surface area contributed by atoms with Gasteiger partial charge in [0.2, 0.25) is 0 Å². The van der Waals surface area contributed by atoms with Crippen LogP contribution in [0.15, 0.2) is 36.4 Å². The predicted octanol–water partition coefficient (Wildman–Crippen LogP) is 2.93. The molecule has 0 aliphatic rings. The first kappa shape index (κ1) is 17.5. The van der Waals surface area contributed by atoms with Crippen LogP contribution in [0.2, 0.25) is 0 Å². The molecule has 2 aromatic rings. The third-order valence-corrected chi connectivity index (χ3v) is 3.38. The van der Waals surface area contributed by atoms with Gasteiger partial charge < -0.3 is 14.4 Å². The molecule has 0 saturated heterocycles. The minimum absolute atomic E-state index is 0.0588. The Hall–Kier alpha value is -2.89. The van der Waals surface area contributed by atoms with Crippen molar-refractivity contribution in [1.82, 2.24) is 4.90 Å². The molecule has 0 atom stereocenters. The first-order valence-corrected chi connectivity index (χ1v) is 7.22. The number of carbonyl (C=O) groups excluding carboxylic acids is 2. The molecule has 0 heterocycles. The summed E-state index contributed by atoms with van der Waals surface area (Å²) in [6.07, 6.45) is 0.538. The number of rotatable bonds is 6. The number of methoxy groups -OCH3 is 1. The van der Waals surface area contributed by atoms with E-state index in [1.54, 1.807) is 38.4 Å². The van der Waals surface area contributed by atoms with E-state index < -0.39 is 5.82 Å². The molecule has 0 fully saturated rings. The van der Waals surface area contributed by atoms with E-state index in [9.17, 15) is 14.0 Å². The van der Waals surface area contributed by atoms with Gasteiger partial charge in [-0.3, -0.25) is 9.59 Å². The van der Waals surface area contributed by atoms with Gasteiger partial charge >= 0.3 is 0 Å². The molecule has 0 aliphatic carbocycles. The monoisotopic (exact) mass is 331 g/mol. The van der Waals surface area contributed by atoms with E-state index in [1.807, 2.05) is 0 Å². The molecule has 1 amide bonds. The molecule has 2 aromatic carbocycles. The minimum atomic E-state index is -0.671. The molecule has 5 nitrogen and oxygen atoms in total.